The Bertz CT molecular complexity index is 1440. The highest BCUT2D eigenvalue weighted by Gasteiger charge is 2.36. The molecule has 1 fully saturated rings. The Kier molecular flexibility index (Phi) is 5.65. The third kappa shape index (κ3) is 3.71. The lowest BCUT2D eigenvalue weighted by atomic mass is 9.82. The van der Waals surface area contributed by atoms with Gasteiger partial charge in [-0.2, -0.15) is 5.26 Å². The summed E-state index contributed by atoms with van der Waals surface area (Å²) in [6.07, 6.45) is 4.10. The largest absolute Gasteiger partial charge is 0.338 e. The maximum Gasteiger partial charge on any atom is 0.0656 e. The van der Waals surface area contributed by atoms with E-state index < -0.39 is 0 Å². The van der Waals surface area contributed by atoms with E-state index in [2.05, 4.69) is 122 Å². The number of rotatable bonds is 4. The highest BCUT2D eigenvalue weighted by Crippen LogP contribution is 2.51. The number of nitrogens with zero attached hydrogens (tertiary/aromatic N) is 2. The van der Waals surface area contributed by atoms with Gasteiger partial charge < -0.3 is 4.90 Å². The minimum absolute atomic E-state index is 0.0473. The molecule has 0 spiro atoms. The lowest BCUT2D eigenvalue weighted by Gasteiger charge is -2.39. The van der Waals surface area contributed by atoms with E-state index in [1.807, 2.05) is 0 Å². The van der Waals surface area contributed by atoms with Gasteiger partial charge in [-0.3, -0.25) is 0 Å². The fraction of sp³-hybridized carbons (Fsp3) is 0.265. The summed E-state index contributed by atoms with van der Waals surface area (Å²) in [5.41, 5.74) is 10.3. The summed E-state index contributed by atoms with van der Waals surface area (Å²) in [5, 5.41) is 9.79. The number of para-hydroxylation sites is 1. The van der Waals surface area contributed by atoms with E-state index in [-0.39, 0.29) is 11.3 Å². The Labute approximate surface area is 214 Å². The van der Waals surface area contributed by atoms with Crippen molar-refractivity contribution in [1.29, 1.82) is 5.26 Å². The first-order valence-electron chi connectivity index (χ1n) is 13.2. The molecule has 2 aliphatic carbocycles. The van der Waals surface area contributed by atoms with Crippen LogP contribution in [0.1, 0.15) is 50.7 Å². The van der Waals surface area contributed by atoms with Gasteiger partial charge in [0.1, 0.15) is 0 Å². The van der Waals surface area contributed by atoms with Crippen LogP contribution in [-0.4, -0.2) is 6.04 Å². The van der Waals surface area contributed by atoms with Gasteiger partial charge >= 0.3 is 0 Å². The Balaban J connectivity index is 1.52. The summed E-state index contributed by atoms with van der Waals surface area (Å²) in [6, 6.07) is 38.2. The topological polar surface area (TPSA) is 27.0 Å². The van der Waals surface area contributed by atoms with Crippen LogP contribution in [0.4, 0.5) is 11.4 Å². The van der Waals surface area contributed by atoms with Crippen molar-refractivity contribution in [3.8, 4) is 28.3 Å². The van der Waals surface area contributed by atoms with Crippen LogP contribution in [-0.2, 0) is 5.41 Å². The van der Waals surface area contributed by atoms with Crippen LogP contribution < -0.4 is 4.90 Å². The van der Waals surface area contributed by atoms with Crippen LogP contribution in [0.5, 0.6) is 0 Å². The molecule has 0 saturated heterocycles. The van der Waals surface area contributed by atoms with Crippen molar-refractivity contribution in [3.63, 3.8) is 0 Å². The van der Waals surface area contributed by atoms with E-state index >= 15 is 0 Å². The van der Waals surface area contributed by atoms with Crippen LogP contribution in [0, 0.1) is 17.2 Å². The second-order valence-electron chi connectivity index (χ2n) is 10.8. The molecule has 36 heavy (non-hydrogen) atoms. The minimum Gasteiger partial charge on any atom is -0.338 e. The molecule has 2 heteroatoms. The van der Waals surface area contributed by atoms with Crippen LogP contribution in [0.25, 0.3) is 22.3 Å². The predicted molar refractivity (Wildman–Crippen MR) is 149 cm³/mol. The van der Waals surface area contributed by atoms with Crippen LogP contribution in [0.3, 0.4) is 0 Å². The van der Waals surface area contributed by atoms with Gasteiger partial charge in [0.05, 0.1) is 6.07 Å². The number of benzene rings is 4. The zero-order chi connectivity index (χ0) is 24.7. The molecule has 6 rings (SSSR count). The molecule has 2 unspecified atom stereocenters. The maximum atomic E-state index is 9.79. The SMILES string of the molecule is CC1(C)c2ccccc2-c2ccc(N(c3ccccc3-c3ccccc3)C3CCCC(C#N)C3)cc21. The predicted octanol–water partition coefficient (Wildman–Crippen LogP) is 8.88. The van der Waals surface area contributed by atoms with Crippen molar-refractivity contribution in [2.75, 3.05) is 4.90 Å². The molecule has 4 aromatic carbocycles. The number of nitriles is 1. The summed E-state index contributed by atoms with van der Waals surface area (Å²) in [5.74, 6) is 0.116. The molecule has 2 nitrogen and oxygen atoms in total. The lowest BCUT2D eigenvalue weighted by molar-refractivity contribution is 0.375. The van der Waals surface area contributed by atoms with Crippen molar-refractivity contribution in [1.82, 2.24) is 0 Å². The molecule has 2 atom stereocenters. The molecular weight excluding hydrogens is 436 g/mol. The van der Waals surface area contributed by atoms with Crippen molar-refractivity contribution >= 4 is 11.4 Å². The Morgan fingerprint density at radius 3 is 2.25 bits per heavy atom. The van der Waals surface area contributed by atoms with Crippen molar-refractivity contribution < 1.29 is 0 Å². The van der Waals surface area contributed by atoms with Gasteiger partial charge in [0.25, 0.3) is 0 Å². The van der Waals surface area contributed by atoms with Gasteiger partial charge in [-0.1, -0.05) is 99.1 Å². The standard InChI is InChI=1S/C34H32N2/c1-34(2)31-17-8-6-16-29(31)30-20-19-27(22-32(30)34)36(26-14-10-11-24(21-26)23-35)33-18-9-7-15-28(33)25-12-4-3-5-13-25/h3-9,12-13,15-20,22,24,26H,10-11,14,21H2,1-2H3. The molecule has 1 saturated carbocycles. The second kappa shape index (κ2) is 8.99. The van der Waals surface area contributed by atoms with Gasteiger partial charge in [0.2, 0.25) is 0 Å². The monoisotopic (exact) mass is 468 g/mol. The summed E-state index contributed by atoms with van der Waals surface area (Å²) in [7, 11) is 0. The number of hydrogen-bond acceptors (Lipinski definition) is 2. The van der Waals surface area contributed by atoms with Gasteiger partial charge in [-0.25, -0.2) is 0 Å². The van der Waals surface area contributed by atoms with E-state index in [0.29, 0.717) is 6.04 Å². The van der Waals surface area contributed by atoms with E-state index in [1.54, 1.807) is 0 Å². The molecule has 0 bridgehead atoms. The Hall–Kier alpha value is -3.83. The van der Waals surface area contributed by atoms with Gasteiger partial charge in [-0.05, 0) is 65.3 Å². The van der Waals surface area contributed by atoms with E-state index in [4.69, 9.17) is 0 Å². The third-order valence-corrected chi connectivity index (χ3v) is 8.29. The molecule has 0 amide bonds. The molecule has 4 aromatic rings. The summed E-state index contributed by atoms with van der Waals surface area (Å²) < 4.78 is 0. The number of hydrogen-bond donors (Lipinski definition) is 0. The second-order valence-corrected chi connectivity index (χ2v) is 10.8. The number of fused-ring (bicyclic) bond motifs is 3. The molecule has 0 heterocycles. The molecule has 178 valence electrons. The minimum atomic E-state index is -0.0473. The zero-order valence-corrected chi connectivity index (χ0v) is 21.1. The molecule has 2 aliphatic rings. The Morgan fingerprint density at radius 2 is 1.44 bits per heavy atom. The zero-order valence-electron chi connectivity index (χ0n) is 21.1. The van der Waals surface area contributed by atoms with Gasteiger partial charge in [0.15, 0.2) is 0 Å². The van der Waals surface area contributed by atoms with Crippen molar-refractivity contribution in [2.45, 2.75) is 51.0 Å². The Morgan fingerprint density at radius 1 is 0.750 bits per heavy atom. The maximum absolute atomic E-state index is 9.79. The lowest BCUT2D eigenvalue weighted by Crippen LogP contribution is -2.36. The average molecular weight is 469 g/mol. The third-order valence-electron chi connectivity index (χ3n) is 8.29. The highest BCUT2D eigenvalue weighted by atomic mass is 15.2. The molecule has 0 aromatic heterocycles. The molecule has 0 N–H and O–H groups in total. The van der Waals surface area contributed by atoms with Crippen LogP contribution in [0.2, 0.25) is 0 Å². The van der Waals surface area contributed by atoms with E-state index in [9.17, 15) is 5.26 Å². The fourth-order valence-corrected chi connectivity index (χ4v) is 6.45. The number of anilines is 2. The molecular formula is C34H32N2. The summed E-state index contributed by atoms with van der Waals surface area (Å²) >= 11 is 0. The smallest absolute Gasteiger partial charge is 0.0656 e. The quantitative estimate of drug-likeness (QED) is 0.299. The highest BCUT2D eigenvalue weighted by molar-refractivity contribution is 5.86. The normalized spacial score (nSPS) is 19.7. The van der Waals surface area contributed by atoms with Gasteiger partial charge in [-0.15, -0.1) is 0 Å². The van der Waals surface area contributed by atoms with E-state index in [1.165, 1.54) is 44.8 Å². The summed E-state index contributed by atoms with van der Waals surface area (Å²) in [6.45, 7) is 4.69. The van der Waals surface area contributed by atoms with Crippen molar-refractivity contribution in [3.05, 3.63) is 108 Å². The van der Waals surface area contributed by atoms with Crippen LogP contribution >= 0.6 is 0 Å². The summed E-state index contributed by atoms with van der Waals surface area (Å²) in [4.78, 5) is 2.55. The molecule has 0 radical (unpaired) electrons. The first kappa shape index (κ1) is 22.6. The first-order chi connectivity index (χ1) is 17.6. The average Bonchev–Trinajstić information content (AvgIpc) is 3.16. The molecule has 0 aliphatic heterocycles. The van der Waals surface area contributed by atoms with Crippen molar-refractivity contribution in [2.24, 2.45) is 5.92 Å². The van der Waals surface area contributed by atoms with E-state index in [0.717, 1.165) is 25.7 Å². The van der Waals surface area contributed by atoms with Crippen LogP contribution in [0.15, 0.2) is 97.1 Å². The fourth-order valence-electron chi connectivity index (χ4n) is 6.45. The van der Waals surface area contributed by atoms with Gasteiger partial charge in [0, 0.05) is 34.3 Å². The first-order valence-corrected chi connectivity index (χ1v) is 13.2.